The van der Waals surface area contributed by atoms with E-state index in [9.17, 15) is 4.79 Å². The Kier molecular flexibility index (Phi) is 5.65. The highest BCUT2D eigenvalue weighted by molar-refractivity contribution is 5.80. The van der Waals surface area contributed by atoms with Crippen LogP contribution >= 0.6 is 0 Å². The molecular weight excluding hydrogens is 192 g/mol. The van der Waals surface area contributed by atoms with Crippen molar-refractivity contribution in [3.8, 4) is 0 Å². The maximum Gasteiger partial charge on any atom is 0.249 e. The van der Waals surface area contributed by atoms with Gasteiger partial charge in [-0.1, -0.05) is 6.92 Å². The van der Waals surface area contributed by atoms with E-state index in [2.05, 4.69) is 17.6 Å². The van der Waals surface area contributed by atoms with Gasteiger partial charge in [0, 0.05) is 12.6 Å². The van der Waals surface area contributed by atoms with Crippen LogP contribution in [0.2, 0.25) is 0 Å². The first-order valence-corrected chi connectivity index (χ1v) is 5.86. The lowest BCUT2D eigenvalue weighted by atomic mass is 10.3. The molecule has 15 heavy (non-hydrogen) atoms. The second-order valence-corrected chi connectivity index (χ2v) is 4.05. The number of ether oxygens (including phenoxy) is 1. The fraction of sp³-hybridized carbons (Fsp3) is 0.909. The Morgan fingerprint density at radius 3 is 2.80 bits per heavy atom. The van der Waals surface area contributed by atoms with Gasteiger partial charge in [-0.15, -0.1) is 0 Å². The van der Waals surface area contributed by atoms with E-state index >= 15 is 0 Å². The molecule has 0 heterocycles. The molecule has 0 aliphatic heterocycles. The van der Waals surface area contributed by atoms with E-state index in [1.807, 2.05) is 0 Å². The molecule has 0 bridgehead atoms. The average Bonchev–Trinajstić information content (AvgIpc) is 3.01. The predicted octanol–water partition coefficient (Wildman–Crippen LogP) is 0.670. The second kappa shape index (κ2) is 6.80. The van der Waals surface area contributed by atoms with Crippen LogP contribution in [0.1, 0.15) is 33.1 Å². The molecule has 4 nitrogen and oxygen atoms in total. The van der Waals surface area contributed by atoms with E-state index in [1.165, 1.54) is 0 Å². The summed E-state index contributed by atoms with van der Waals surface area (Å²) in [6.45, 7) is 6.34. The van der Waals surface area contributed by atoms with Crippen molar-refractivity contribution in [1.29, 1.82) is 0 Å². The summed E-state index contributed by atoms with van der Waals surface area (Å²) in [4.78, 5) is 11.5. The third-order valence-electron chi connectivity index (χ3n) is 2.37. The van der Waals surface area contributed by atoms with Crippen LogP contribution in [0.4, 0.5) is 0 Å². The molecule has 0 aromatic heterocycles. The van der Waals surface area contributed by atoms with E-state index in [-0.39, 0.29) is 12.0 Å². The molecule has 1 saturated carbocycles. The second-order valence-electron chi connectivity index (χ2n) is 4.05. The van der Waals surface area contributed by atoms with Gasteiger partial charge in [0.2, 0.25) is 5.91 Å². The molecule has 0 aromatic carbocycles. The maximum atomic E-state index is 11.5. The minimum atomic E-state index is -0.325. The largest absolute Gasteiger partial charge is 0.367 e. The maximum absolute atomic E-state index is 11.5. The van der Waals surface area contributed by atoms with E-state index in [0.717, 1.165) is 32.4 Å². The van der Waals surface area contributed by atoms with E-state index in [0.29, 0.717) is 12.6 Å². The lowest BCUT2D eigenvalue weighted by Gasteiger charge is -2.13. The third-order valence-corrected chi connectivity index (χ3v) is 2.37. The molecule has 1 aliphatic carbocycles. The lowest BCUT2D eigenvalue weighted by molar-refractivity contribution is -0.131. The molecule has 0 spiro atoms. The first-order chi connectivity index (χ1) is 7.24. The van der Waals surface area contributed by atoms with Crippen LogP contribution in [0.15, 0.2) is 0 Å². The van der Waals surface area contributed by atoms with Crippen LogP contribution in [0.5, 0.6) is 0 Å². The standard InChI is InChI=1S/C11H22N2O2/c1-3-6-12-7-8-15-9(2)11(14)13-10-4-5-10/h9-10,12H,3-8H2,1-2H3,(H,13,14). The highest BCUT2D eigenvalue weighted by Crippen LogP contribution is 2.18. The molecule has 0 saturated heterocycles. The summed E-state index contributed by atoms with van der Waals surface area (Å²) in [5, 5.41) is 6.15. The highest BCUT2D eigenvalue weighted by atomic mass is 16.5. The van der Waals surface area contributed by atoms with Crippen LogP contribution < -0.4 is 10.6 Å². The fourth-order valence-corrected chi connectivity index (χ4v) is 1.23. The van der Waals surface area contributed by atoms with Crippen molar-refractivity contribution in [2.75, 3.05) is 19.7 Å². The summed E-state index contributed by atoms with van der Waals surface area (Å²) < 4.78 is 5.40. The van der Waals surface area contributed by atoms with E-state index < -0.39 is 0 Å². The van der Waals surface area contributed by atoms with Gasteiger partial charge < -0.3 is 15.4 Å². The van der Waals surface area contributed by atoms with Crippen molar-refractivity contribution in [1.82, 2.24) is 10.6 Å². The van der Waals surface area contributed by atoms with Gasteiger partial charge in [-0.2, -0.15) is 0 Å². The highest BCUT2D eigenvalue weighted by Gasteiger charge is 2.25. The predicted molar refractivity (Wildman–Crippen MR) is 59.7 cm³/mol. The first kappa shape index (κ1) is 12.5. The quantitative estimate of drug-likeness (QED) is 0.584. The van der Waals surface area contributed by atoms with Gasteiger partial charge in [0.25, 0.3) is 0 Å². The number of rotatable bonds is 8. The molecule has 1 amide bonds. The lowest BCUT2D eigenvalue weighted by Crippen LogP contribution is -2.37. The summed E-state index contributed by atoms with van der Waals surface area (Å²) in [6, 6.07) is 0.418. The Hall–Kier alpha value is -0.610. The Balaban J connectivity index is 1.96. The fourth-order valence-electron chi connectivity index (χ4n) is 1.23. The zero-order chi connectivity index (χ0) is 11.1. The molecule has 2 N–H and O–H groups in total. The topological polar surface area (TPSA) is 50.4 Å². The number of carbonyl (C=O) groups excluding carboxylic acids is 1. The monoisotopic (exact) mass is 214 g/mol. The van der Waals surface area contributed by atoms with Gasteiger partial charge in [0.05, 0.1) is 6.61 Å². The van der Waals surface area contributed by atoms with Gasteiger partial charge in [-0.3, -0.25) is 4.79 Å². The molecular formula is C11H22N2O2. The van der Waals surface area contributed by atoms with Crippen LogP contribution in [0.3, 0.4) is 0 Å². The molecule has 0 radical (unpaired) electrons. The normalized spacial score (nSPS) is 17.5. The van der Waals surface area contributed by atoms with Crippen LogP contribution in [0, 0.1) is 0 Å². The van der Waals surface area contributed by atoms with Gasteiger partial charge in [0.1, 0.15) is 6.10 Å². The first-order valence-electron chi connectivity index (χ1n) is 5.86. The summed E-state index contributed by atoms with van der Waals surface area (Å²) in [7, 11) is 0. The molecule has 1 unspecified atom stereocenters. The van der Waals surface area contributed by atoms with Gasteiger partial charge in [0.15, 0.2) is 0 Å². The smallest absolute Gasteiger partial charge is 0.249 e. The number of nitrogens with one attached hydrogen (secondary N) is 2. The molecule has 1 rings (SSSR count). The zero-order valence-electron chi connectivity index (χ0n) is 9.71. The van der Waals surface area contributed by atoms with Crippen LogP contribution in [-0.4, -0.2) is 37.7 Å². The Morgan fingerprint density at radius 2 is 2.20 bits per heavy atom. The van der Waals surface area contributed by atoms with E-state index in [4.69, 9.17) is 4.74 Å². The number of amides is 1. The minimum absolute atomic E-state index is 0.0213. The van der Waals surface area contributed by atoms with Crippen molar-refractivity contribution in [2.24, 2.45) is 0 Å². The van der Waals surface area contributed by atoms with Crippen LogP contribution in [0.25, 0.3) is 0 Å². The Labute approximate surface area is 91.8 Å². The molecule has 1 fully saturated rings. The molecule has 4 heteroatoms. The third kappa shape index (κ3) is 5.74. The summed E-state index contributed by atoms with van der Waals surface area (Å²) in [5.74, 6) is 0.0213. The van der Waals surface area contributed by atoms with Crippen LogP contribution in [-0.2, 0) is 9.53 Å². The molecule has 88 valence electrons. The van der Waals surface area contributed by atoms with E-state index in [1.54, 1.807) is 6.92 Å². The Morgan fingerprint density at radius 1 is 1.47 bits per heavy atom. The van der Waals surface area contributed by atoms with Gasteiger partial charge in [-0.25, -0.2) is 0 Å². The summed E-state index contributed by atoms with van der Waals surface area (Å²) >= 11 is 0. The summed E-state index contributed by atoms with van der Waals surface area (Å²) in [6.07, 6.45) is 3.04. The number of hydrogen-bond donors (Lipinski definition) is 2. The van der Waals surface area contributed by atoms with Crippen molar-refractivity contribution >= 4 is 5.91 Å². The average molecular weight is 214 g/mol. The zero-order valence-corrected chi connectivity index (χ0v) is 9.71. The van der Waals surface area contributed by atoms with Gasteiger partial charge in [-0.05, 0) is 32.7 Å². The SMILES string of the molecule is CCCNCCOC(C)C(=O)NC1CC1. The van der Waals surface area contributed by atoms with Crippen molar-refractivity contribution in [3.05, 3.63) is 0 Å². The van der Waals surface area contributed by atoms with Crippen molar-refractivity contribution in [3.63, 3.8) is 0 Å². The Bertz CT molecular complexity index is 193. The minimum Gasteiger partial charge on any atom is -0.367 e. The molecule has 1 aliphatic rings. The van der Waals surface area contributed by atoms with Gasteiger partial charge >= 0.3 is 0 Å². The van der Waals surface area contributed by atoms with Crippen molar-refractivity contribution < 1.29 is 9.53 Å². The molecule has 0 aromatic rings. The summed E-state index contributed by atoms with van der Waals surface area (Å²) in [5.41, 5.74) is 0. The number of carbonyl (C=O) groups is 1. The number of hydrogen-bond acceptors (Lipinski definition) is 3. The van der Waals surface area contributed by atoms with Crippen molar-refractivity contribution in [2.45, 2.75) is 45.3 Å². The molecule has 1 atom stereocenters.